The number of carbonyl (C=O) groups excluding carboxylic acids is 3. The van der Waals surface area contributed by atoms with Crippen LogP contribution >= 0.6 is 11.6 Å². The number of nitrogens with two attached hydrogens (primary N) is 1. The van der Waals surface area contributed by atoms with Crippen LogP contribution < -0.4 is 11.1 Å². The average molecular weight is 340 g/mol. The summed E-state index contributed by atoms with van der Waals surface area (Å²) in [5.74, 6) is -1.31. The predicted molar refractivity (Wildman–Crippen MR) is 85.3 cm³/mol. The van der Waals surface area contributed by atoms with Crippen molar-refractivity contribution >= 4 is 35.2 Å². The minimum Gasteiger partial charge on any atom is -0.465 e. The number of esters is 1. The largest absolute Gasteiger partial charge is 0.465 e. The molecular formula is C15H18ClN3O4. The van der Waals surface area contributed by atoms with E-state index < -0.39 is 11.9 Å². The molecular weight excluding hydrogens is 322 g/mol. The number of primary amides is 1. The Morgan fingerprint density at radius 1 is 1.39 bits per heavy atom. The standard InChI is InChI=1S/C15H18ClN3O4/c1-23-14(21)11-7-10(4-5-12(11)16)18-15(22)19-6-2-3-9(8-19)13(17)20/h4-5,7,9H,2-3,6,8H2,1H3,(H2,17,20)(H,18,22)/t9-/m1/s1. The fourth-order valence-corrected chi connectivity index (χ4v) is 2.66. The van der Waals surface area contributed by atoms with Crippen LogP contribution in [0.1, 0.15) is 23.2 Å². The van der Waals surface area contributed by atoms with Gasteiger partial charge in [0.05, 0.1) is 23.6 Å². The SMILES string of the molecule is COC(=O)c1cc(NC(=O)N2CCC[C@@H](C(N)=O)C2)ccc1Cl. The molecule has 8 heteroatoms. The first kappa shape index (κ1) is 17.1. The van der Waals surface area contributed by atoms with Crippen LogP contribution in [0.4, 0.5) is 10.5 Å². The number of urea groups is 1. The van der Waals surface area contributed by atoms with E-state index in [4.69, 9.17) is 17.3 Å². The lowest BCUT2D eigenvalue weighted by Gasteiger charge is -2.31. The van der Waals surface area contributed by atoms with Gasteiger partial charge in [0.1, 0.15) is 0 Å². The molecule has 124 valence electrons. The number of amides is 3. The molecule has 0 radical (unpaired) electrons. The zero-order valence-corrected chi connectivity index (χ0v) is 13.4. The second-order valence-corrected chi connectivity index (χ2v) is 5.71. The van der Waals surface area contributed by atoms with Crippen molar-refractivity contribution in [1.82, 2.24) is 4.90 Å². The zero-order chi connectivity index (χ0) is 17.0. The van der Waals surface area contributed by atoms with Crippen molar-refractivity contribution in [3.05, 3.63) is 28.8 Å². The van der Waals surface area contributed by atoms with E-state index in [1.165, 1.54) is 24.1 Å². The van der Waals surface area contributed by atoms with Crippen LogP contribution in [-0.4, -0.2) is 43.0 Å². The molecule has 3 N–H and O–H groups in total. The van der Waals surface area contributed by atoms with E-state index in [0.29, 0.717) is 25.2 Å². The van der Waals surface area contributed by atoms with Crippen LogP contribution in [0.15, 0.2) is 18.2 Å². The number of ether oxygens (including phenoxy) is 1. The molecule has 1 aliphatic rings. The first-order valence-corrected chi connectivity index (χ1v) is 7.53. The Balaban J connectivity index is 2.08. The Morgan fingerprint density at radius 2 is 2.13 bits per heavy atom. The number of likely N-dealkylation sites (tertiary alicyclic amines) is 1. The van der Waals surface area contributed by atoms with Crippen molar-refractivity contribution in [2.75, 3.05) is 25.5 Å². The Hall–Kier alpha value is -2.28. The minimum atomic E-state index is -0.585. The van der Waals surface area contributed by atoms with Gasteiger partial charge in [-0.25, -0.2) is 9.59 Å². The molecule has 1 atom stereocenters. The number of carbonyl (C=O) groups is 3. The Kier molecular flexibility index (Phi) is 5.44. The molecule has 1 saturated heterocycles. The summed E-state index contributed by atoms with van der Waals surface area (Å²) in [6.45, 7) is 0.839. The highest BCUT2D eigenvalue weighted by Gasteiger charge is 2.27. The van der Waals surface area contributed by atoms with Crippen LogP contribution in [0, 0.1) is 5.92 Å². The average Bonchev–Trinajstić information content (AvgIpc) is 2.55. The molecule has 0 aliphatic carbocycles. The quantitative estimate of drug-likeness (QED) is 0.820. The van der Waals surface area contributed by atoms with Gasteiger partial charge in [0, 0.05) is 18.8 Å². The van der Waals surface area contributed by atoms with Gasteiger partial charge in [0.15, 0.2) is 0 Å². The maximum Gasteiger partial charge on any atom is 0.339 e. The number of piperidine rings is 1. The van der Waals surface area contributed by atoms with Gasteiger partial charge < -0.3 is 20.7 Å². The van der Waals surface area contributed by atoms with Crippen molar-refractivity contribution in [2.45, 2.75) is 12.8 Å². The zero-order valence-electron chi connectivity index (χ0n) is 12.7. The Bertz CT molecular complexity index is 635. The second kappa shape index (κ2) is 7.32. The monoisotopic (exact) mass is 339 g/mol. The number of hydrogen-bond donors (Lipinski definition) is 2. The van der Waals surface area contributed by atoms with Crippen molar-refractivity contribution in [2.24, 2.45) is 11.7 Å². The number of nitrogens with zero attached hydrogens (tertiary/aromatic N) is 1. The highest BCUT2D eigenvalue weighted by Crippen LogP contribution is 2.22. The summed E-state index contributed by atoms with van der Waals surface area (Å²) < 4.78 is 4.64. The predicted octanol–water partition coefficient (Wildman–Crippen LogP) is 1.86. The molecule has 3 amide bonds. The maximum absolute atomic E-state index is 12.3. The maximum atomic E-state index is 12.3. The summed E-state index contributed by atoms with van der Waals surface area (Å²) in [5.41, 5.74) is 5.89. The highest BCUT2D eigenvalue weighted by atomic mass is 35.5. The van der Waals surface area contributed by atoms with Crippen molar-refractivity contribution < 1.29 is 19.1 Å². The molecule has 1 fully saturated rings. The third-order valence-corrected chi connectivity index (χ3v) is 4.06. The van der Waals surface area contributed by atoms with Crippen LogP contribution in [0.2, 0.25) is 5.02 Å². The Morgan fingerprint density at radius 3 is 2.78 bits per heavy atom. The summed E-state index contributed by atoms with van der Waals surface area (Å²) in [6.07, 6.45) is 1.40. The van der Waals surface area contributed by atoms with Gasteiger partial charge in [0.25, 0.3) is 0 Å². The van der Waals surface area contributed by atoms with Gasteiger partial charge in [-0.05, 0) is 31.0 Å². The van der Waals surface area contributed by atoms with E-state index in [2.05, 4.69) is 10.1 Å². The fraction of sp³-hybridized carbons (Fsp3) is 0.400. The van der Waals surface area contributed by atoms with Gasteiger partial charge >= 0.3 is 12.0 Å². The third kappa shape index (κ3) is 4.13. The van der Waals surface area contributed by atoms with E-state index >= 15 is 0 Å². The number of hydrogen-bond acceptors (Lipinski definition) is 4. The number of anilines is 1. The number of nitrogens with one attached hydrogen (secondary N) is 1. The molecule has 23 heavy (non-hydrogen) atoms. The molecule has 1 aliphatic heterocycles. The molecule has 0 spiro atoms. The number of rotatable bonds is 3. The molecule has 0 bridgehead atoms. The molecule has 0 aromatic heterocycles. The van der Waals surface area contributed by atoms with Crippen molar-refractivity contribution in [3.8, 4) is 0 Å². The van der Waals surface area contributed by atoms with Crippen molar-refractivity contribution in [3.63, 3.8) is 0 Å². The van der Waals surface area contributed by atoms with Crippen molar-refractivity contribution in [1.29, 1.82) is 0 Å². The molecule has 0 saturated carbocycles. The lowest BCUT2D eigenvalue weighted by atomic mass is 9.98. The molecule has 0 unspecified atom stereocenters. The summed E-state index contributed by atoms with van der Waals surface area (Å²) in [4.78, 5) is 36.7. The molecule has 1 heterocycles. The normalized spacial score (nSPS) is 17.5. The summed E-state index contributed by atoms with van der Waals surface area (Å²) in [6, 6.07) is 4.18. The lowest BCUT2D eigenvalue weighted by Crippen LogP contribution is -2.45. The summed E-state index contributed by atoms with van der Waals surface area (Å²) in [5, 5.41) is 2.92. The number of halogens is 1. The Labute approximate surface area is 138 Å². The first-order valence-electron chi connectivity index (χ1n) is 7.15. The number of methoxy groups -OCH3 is 1. The topological polar surface area (TPSA) is 102 Å². The lowest BCUT2D eigenvalue weighted by molar-refractivity contribution is -0.123. The molecule has 2 rings (SSSR count). The number of benzene rings is 1. The first-order chi connectivity index (χ1) is 10.9. The highest BCUT2D eigenvalue weighted by molar-refractivity contribution is 6.33. The molecule has 1 aromatic rings. The van der Waals surface area contributed by atoms with Gasteiger partial charge in [-0.2, -0.15) is 0 Å². The minimum absolute atomic E-state index is 0.167. The van der Waals surface area contributed by atoms with E-state index in [-0.39, 0.29) is 22.5 Å². The fourth-order valence-electron chi connectivity index (χ4n) is 2.47. The third-order valence-electron chi connectivity index (χ3n) is 3.73. The summed E-state index contributed by atoms with van der Waals surface area (Å²) >= 11 is 5.93. The second-order valence-electron chi connectivity index (χ2n) is 5.30. The van der Waals surface area contributed by atoms with Gasteiger partial charge in [0.2, 0.25) is 5.91 Å². The van der Waals surface area contributed by atoms with Crippen LogP contribution in [0.3, 0.4) is 0 Å². The summed E-state index contributed by atoms with van der Waals surface area (Å²) in [7, 11) is 1.25. The van der Waals surface area contributed by atoms with Crippen LogP contribution in [-0.2, 0) is 9.53 Å². The van der Waals surface area contributed by atoms with E-state index in [0.717, 1.165) is 6.42 Å². The smallest absolute Gasteiger partial charge is 0.339 e. The van der Waals surface area contributed by atoms with E-state index in [1.54, 1.807) is 6.07 Å². The van der Waals surface area contributed by atoms with Gasteiger partial charge in [-0.1, -0.05) is 11.6 Å². The van der Waals surface area contributed by atoms with E-state index in [9.17, 15) is 14.4 Å². The van der Waals surface area contributed by atoms with Gasteiger partial charge in [-0.15, -0.1) is 0 Å². The molecule has 1 aromatic carbocycles. The van der Waals surface area contributed by atoms with Crippen LogP contribution in [0.5, 0.6) is 0 Å². The van der Waals surface area contributed by atoms with Gasteiger partial charge in [-0.3, -0.25) is 4.79 Å². The van der Waals surface area contributed by atoms with Crippen LogP contribution in [0.25, 0.3) is 0 Å². The van der Waals surface area contributed by atoms with E-state index in [1.807, 2.05) is 0 Å². The molecule has 7 nitrogen and oxygen atoms in total.